The summed E-state index contributed by atoms with van der Waals surface area (Å²) >= 11 is 0. The van der Waals surface area contributed by atoms with Crippen LogP contribution in [-0.2, 0) is 6.54 Å². The van der Waals surface area contributed by atoms with E-state index >= 15 is 0 Å². The Morgan fingerprint density at radius 2 is 1.74 bits per heavy atom. The van der Waals surface area contributed by atoms with Crippen molar-refractivity contribution in [2.45, 2.75) is 26.3 Å². The van der Waals surface area contributed by atoms with E-state index in [4.69, 9.17) is 0 Å². The molecule has 2 heteroatoms. The molecular weight excluding hydrogens is 280 g/mol. The summed E-state index contributed by atoms with van der Waals surface area (Å²) in [5.41, 5.74) is 3.63. The van der Waals surface area contributed by atoms with Gasteiger partial charge in [0, 0.05) is 30.4 Å². The molecule has 0 aliphatic heterocycles. The number of hydrogen-bond donors (Lipinski definition) is 1. The fourth-order valence-electron chi connectivity index (χ4n) is 2.74. The van der Waals surface area contributed by atoms with Crippen molar-refractivity contribution in [3.05, 3.63) is 78.6 Å². The zero-order chi connectivity index (χ0) is 15.9. The Labute approximate surface area is 138 Å². The Morgan fingerprint density at radius 1 is 0.957 bits per heavy atom. The minimum absolute atomic E-state index is 1.07. The molecule has 23 heavy (non-hydrogen) atoms. The van der Waals surface area contributed by atoms with Gasteiger partial charge >= 0.3 is 0 Å². The lowest BCUT2D eigenvalue weighted by molar-refractivity contribution is -0.671. The molecule has 0 radical (unpaired) electrons. The van der Waals surface area contributed by atoms with Crippen LogP contribution in [0.5, 0.6) is 0 Å². The number of fused-ring (bicyclic) bond motifs is 1. The average molecular weight is 303 g/mol. The Hall–Kier alpha value is -2.61. The first-order chi connectivity index (χ1) is 11.4. The van der Waals surface area contributed by atoms with E-state index < -0.39 is 0 Å². The van der Waals surface area contributed by atoms with Gasteiger partial charge in [0.25, 0.3) is 0 Å². The maximum absolute atomic E-state index is 3.32. The number of nitrogens with one attached hydrogen (secondary N) is 1. The molecule has 0 bridgehead atoms. The molecule has 2 aromatic carbocycles. The van der Waals surface area contributed by atoms with Crippen LogP contribution in [0.1, 0.15) is 25.3 Å². The third-order valence-corrected chi connectivity index (χ3v) is 4.00. The minimum Gasteiger partial charge on any atom is -0.362 e. The lowest BCUT2D eigenvalue weighted by atomic mass is 10.1. The highest BCUT2D eigenvalue weighted by Gasteiger charge is 2.09. The zero-order valence-corrected chi connectivity index (χ0v) is 13.6. The third kappa shape index (κ3) is 3.78. The molecule has 0 spiro atoms. The zero-order valence-electron chi connectivity index (χ0n) is 13.6. The van der Waals surface area contributed by atoms with Crippen LogP contribution in [0.4, 0.5) is 5.69 Å². The lowest BCUT2D eigenvalue weighted by Gasteiger charge is -2.04. The molecule has 3 aromatic rings. The molecule has 1 N–H and O–H groups in total. The Kier molecular flexibility index (Phi) is 5.05. The number of aryl methyl sites for hydroxylation is 1. The number of unbranched alkanes of at least 4 members (excludes halogenated alkanes) is 1. The number of anilines is 1. The van der Waals surface area contributed by atoms with Crippen LogP contribution in [0.25, 0.3) is 17.0 Å². The summed E-state index contributed by atoms with van der Waals surface area (Å²) < 4.78 is 2.35. The van der Waals surface area contributed by atoms with Crippen molar-refractivity contribution in [3.8, 4) is 0 Å². The second kappa shape index (κ2) is 7.59. The van der Waals surface area contributed by atoms with E-state index in [0.29, 0.717) is 0 Å². The number of aromatic nitrogens is 1. The van der Waals surface area contributed by atoms with Gasteiger partial charge in [0.05, 0.1) is 5.39 Å². The number of rotatable bonds is 6. The molecule has 116 valence electrons. The summed E-state index contributed by atoms with van der Waals surface area (Å²) in [6, 6.07) is 21.0. The summed E-state index contributed by atoms with van der Waals surface area (Å²) in [4.78, 5) is 0. The average Bonchev–Trinajstić information content (AvgIpc) is 2.62. The van der Waals surface area contributed by atoms with E-state index in [1.807, 2.05) is 24.4 Å². The molecule has 0 atom stereocenters. The predicted octanol–water partition coefficient (Wildman–Crippen LogP) is 5.01. The summed E-state index contributed by atoms with van der Waals surface area (Å²) in [6.07, 6.45) is 8.76. The highest BCUT2D eigenvalue weighted by Crippen LogP contribution is 2.17. The summed E-state index contributed by atoms with van der Waals surface area (Å²) in [5, 5.41) is 4.61. The van der Waals surface area contributed by atoms with Crippen molar-refractivity contribution in [1.29, 1.82) is 0 Å². The molecule has 3 rings (SSSR count). The summed E-state index contributed by atoms with van der Waals surface area (Å²) in [6.45, 7) is 3.30. The maximum atomic E-state index is 3.32. The van der Waals surface area contributed by atoms with Crippen molar-refractivity contribution in [1.82, 2.24) is 0 Å². The van der Waals surface area contributed by atoms with Crippen LogP contribution >= 0.6 is 0 Å². The topological polar surface area (TPSA) is 15.9 Å². The van der Waals surface area contributed by atoms with Crippen LogP contribution in [0.3, 0.4) is 0 Å². The van der Waals surface area contributed by atoms with Gasteiger partial charge < -0.3 is 5.32 Å². The molecule has 0 aliphatic carbocycles. The van der Waals surface area contributed by atoms with Gasteiger partial charge in [-0.2, -0.15) is 4.57 Å². The van der Waals surface area contributed by atoms with Gasteiger partial charge in [-0.1, -0.05) is 43.7 Å². The fourth-order valence-corrected chi connectivity index (χ4v) is 2.74. The molecule has 0 aliphatic rings. The molecule has 0 unspecified atom stereocenters. The second-order valence-electron chi connectivity index (χ2n) is 5.68. The summed E-state index contributed by atoms with van der Waals surface area (Å²) in [7, 11) is 0. The number of pyridine rings is 1. The van der Waals surface area contributed by atoms with Crippen LogP contribution in [-0.4, -0.2) is 0 Å². The molecule has 0 saturated heterocycles. The van der Waals surface area contributed by atoms with Crippen molar-refractivity contribution in [3.63, 3.8) is 0 Å². The standard InChI is InChI=1S/C21H22N2/c1-2-3-16-23-17-14-18(20-11-7-8-12-21(20)23)13-15-22-19-9-5-4-6-10-19/h4-15,17H,2-3,16H2,1H3/p+1. The highest BCUT2D eigenvalue weighted by molar-refractivity contribution is 5.85. The first-order valence-corrected chi connectivity index (χ1v) is 8.28. The van der Waals surface area contributed by atoms with Crippen LogP contribution < -0.4 is 9.88 Å². The molecule has 1 heterocycles. The SMILES string of the molecule is CCCC[n+]1ccc(C=CNc2ccccc2)c2ccccc21. The van der Waals surface area contributed by atoms with E-state index in [1.165, 1.54) is 29.3 Å². The van der Waals surface area contributed by atoms with Gasteiger partial charge in [-0.05, 0) is 29.8 Å². The maximum Gasteiger partial charge on any atom is 0.213 e. The van der Waals surface area contributed by atoms with Crippen molar-refractivity contribution in [2.24, 2.45) is 0 Å². The number of hydrogen-bond acceptors (Lipinski definition) is 1. The first-order valence-electron chi connectivity index (χ1n) is 8.28. The highest BCUT2D eigenvalue weighted by atomic mass is 14.9. The Balaban J connectivity index is 1.86. The second-order valence-corrected chi connectivity index (χ2v) is 5.68. The quantitative estimate of drug-likeness (QED) is 0.633. The summed E-state index contributed by atoms with van der Waals surface area (Å²) in [5.74, 6) is 0. The van der Waals surface area contributed by atoms with Crippen molar-refractivity contribution >= 4 is 22.7 Å². The van der Waals surface area contributed by atoms with E-state index in [2.05, 4.69) is 71.5 Å². The van der Waals surface area contributed by atoms with Gasteiger partial charge in [0.2, 0.25) is 5.52 Å². The molecule has 2 nitrogen and oxygen atoms in total. The fraction of sp³-hybridized carbons (Fsp3) is 0.190. The predicted molar refractivity (Wildman–Crippen MR) is 98.1 cm³/mol. The Bertz CT molecular complexity index is 791. The number of nitrogens with zero attached hydrogens (tertiary/aromatic N) is 1. The van der Waals surface area contributed by atoms with Gasteiger partial charge in [-0.25, -0.2) is 0 Å². The molecule has 0 saturated carbocycles. The minimum atomic E-state index is 1.07. The molecular formula is C21H23N2+. The van der Waals surface area contributed by atoms with Crippen LogP contribution in [0.15, 0.2) is 73.1 Å². The van der Waals surface area contributed by atoms with E-state index in [9.17, 15) is 0 Å². The lowest BCUT2D eigenvalue weighted by Crippen LogP contribution is -2.34. The van der Waals surface area contributed by atoms with Crippen molar-refractivity contribution < 1.29 is 4.57 Å². The van der Waals surface area contributed by atoms with Crippen LogP contribution in [0.2, 0.25) is 0 Å². The van der Waals surface area contributed by atoms with Gasteiger partial charge in [-0.15, -0.1) is 0 Å². The van der Waals surface area contributed by atoms with E-state index in [1.54, 1.807) is 0 Å². The molecule has 1 aromatic heterocycles. The van der Waals surface area contributed by atoms with Gasteiger partial charge in [0.1, 0.15) is 6.54 Å². The first kappa shape index (κ1) is 15.3. The number of para-hydroxylation sites is 2. The van der Waals surface area contributed by atoms with E-state index in [-0.39, 0.29) is 0 Å². The van der Waals surface area contributed by atoms with Crippen LogP contribution in [0, 0.1) is 0 Å². The smallest absolute Gasteiger partial charge is 0.213 e. The monoisotopic (exact) mass is 303 g/mol. The van der Waals surface area contributed by atoms with Gasteiger partial charge in [-0.3, -0.25) is 0 Å². The van der Waals surface area contributed by atoms with Crippen molar-refractivity contribution in [2.75, 3.05) is 5.32 Å². The Morgan fingerprint density at radius 3 is 2.57 bits per heavy atom. The van der Waals surface area contributed by atoms with Gasteiger partial charge in [0.15, 0.2) is 6.20 Å². The van der Waals surface area contributed by atoms with E-state index in [0.717, 1.165) is 12.2 Å². The normalized spacial score (nSPS) is 11.2. The number of benzene rings is 2. The molecule has 0 fully saturated rings. The molecule has 0 amide bonds. The third-order valence-electron chi connectivity index (χ3n) is 4.00. The largest absolute Gasteiger partial charge is 0.362 e.